The number of nitrogens with zero attached hydrogens (tertiary/aromatic N) is 1. The molecule has 1 heterocycles. The molecular weight excluding hydrogens is 286 g/mol. The van der Waals surface area contributed by atoms with E-state index in [0.29, 0.717) is 5.91 Å². The van der Waals surface area contributed by atoms with Crippen LogP contribution in [0.5, 0.6) is 0 Å². The zero-order valence-corrected chi connectivity index (χ0v) is 15.9. The second-order valence-electron chi connectivity index (χ2n) is 7.32. The fourth-order valence-corrected chi connectivity index (χ4v) is 4.85. The quantitative estimate of drug-likeness (QED) is 0.708. The van der Waals surface area contributed by atoms with E-state index in [1.54, 1.807) is 0 Å². The van der Waals surface area contributed by atoms with Gasteiger partial charge >= 0.3 is 0 Å². The lowest BCUT2D eigenvalue weighted by molar-refractivity contribution is 0.0679. The fraction of sp³-hybridized carbons (Fsp3) is 0.526. The maximum atomic E-state index is 13.5. The minimum absolute atomic E-state index is 0.240. The summed E-state index contributed by atoms with van der Waals surface area (Å²) in [6.07, 6.45) is 2.70. The van der Waals surface area contributed by atoms with Crippen molar-refractivity contribution in [2.24, 2.45) is 5.41 Å². The third-order valence-corrected chi connectivity index (χ3v) is 7.07. The Balaban J connectivity index is 2.75. The van der Waals surface area contributed by atoms with E-state index < -0.39 is 8.07 Å². The predicted molar refractivity (Wildman–Crippen MR) is 98.9 cm³/mol. The Kier molecular flexibility index (Phi) is 4.66. The highest BCUT2D eigenvalue weighted by Gasteiger charge is 2.37. The molecule has 1 aromatic carbocycles. The van der Waals surface area contributed by atoms with E-state index in [2.05, 4.69) is 69.2 Å². The maximum absolute atomic E-state index is 13.5. The number of hydrogen-bond donors (Lipinski definition) is 0. The first kappa shape index (κ1) is 17.0. The highest BCUT2D eigenvalue weighted by Crippen LogP contribution is 2.34. The first-order chi connectivity index (χ1) is 10.3. The number of carbonyl (C=O) groups excluding carboxylic acids is 1. The van der Waals surface area contributed by atoms with Crippen molar-refractivity contribution in [1.82, 2.24) is 4.57 Å². The lowest BCUT2D eigenvalue weighted by Crippen LogP contribution is -2.48. The van der Waals surface area contributed by atoms with Gasteiger partial charge in [0.15, 0.2) is 0 Å². The molecule has 2 aromatic rings. The Bertz CT molecular complexity index is 666. The number of benzene rings is 1. The molecule has 22 heavy (non-hydrogen) atoms. The highest BCUT2D eigenvalue weighted by molar-refractivity contribution is 6.88. The van der Waals surface area contributed by atoms with Gasteiger partial charge in [-0.1, -0.05) is 58.6 Å². The molecular formula is C19H29NOSi. The highest BCUT2D eigenvalue weighted by atomic mass is 28.3. The molecule has 0 aliphatic heterocycles. The molecule has 3 heteroatoms. The summed E-state index contributed by atoms with van der Waals surface area (Å²) >= 11 is 0. The van der Waals surface area contributed by atoms with Gasteiger partial charge in [-0.05, 0) is 36.8 Å². The molecule has 2 rings (SSSR count). The van der Waals surface area contributed by atoms with Crippen LogP contribution in [0.1, 0.15) is 44.8 Å². The van der Waals surface area contributed by atoms with Crippen molar-refractivity contribution in [3.8, 4) is 0 Å². The third kappa shape index (κ3) is 2.67. The molecule has 0 fully saturated rings. The molecule has 120 valence electrons. The zero-order valence-electron chi connectivity index (χ0n) is 14.9. The van der Waals surface area contributed by atoms with Crippen LogP contribution in [0.3, 0.4) is 0 Å². The average Bonchev–Trinajstić information content (AvgIpc) is 2.89. The van der Waals surface area contributed by atoms with Crippen molar-refractivity contribution in [1.29, 1.82) is 0 Å². The molecule has 0 aliphatic carbocycles. The third-order valence-electron chi connectivity index (χ3n) is 5.17. The van der Waals surface area contributed by atoms with E-state index in [0.717, 1.165) is 24.8 Å². The van der Waals surface area contributed by atoms with E-state index in [-0.39, 0.29) is 5.41 Å². The van der Waals surface area contributed by atoms with Crippen LogP contribution in [0.25, 0.3) is 10.9 Å². The van der Waals surface area contributed by atoms with Gasteiger partial charge in [-0.2, -0.15) is 0 Å². The molecule has 0 unspecified atom stereocenters. The standard InChI is InChI=1S/C19H29NOSi/c1-7-19(8-2,9-3)18(21)20-16-13-11-10-12-15(16)14-17(20)22(4,5)6/h10-14H,7-9H2,1-6H3. The molecule has 0 radical (unpaired) electrons. The Labute approximate surface area is 135 Å². The summed E-state index contributed by atoms with van der Waals surface area (Å²) in [6, 6.07) is 10.5. The largest absolute Gasteiger partial charge is 0.288 e. The summed E-state index contributed by atoms with van der Waals surface area (Å²) in [5.74, 6) is 0.290. The first-order valence-electron chi connectivity index (χ1n) is 8.46. The van der Waals surface area contributed by atoms with Crippen LogP contribution < -0.4 is 5.32 Å². The molecule has 0 aliphatic rings. The normalized spacial score (nSPS) is 12.8. The van der Waals surface area contributed by atoms with Crippen molar-refractivity contribution in [3.63, 3.8) is 0 Å². The van der Waals surface area contributed by atoms with Gasteiger partial charge in [-0.25, -0.2) is 0 Å². The molecule has 2 nitrogen and oxygen atoms in total. The van der Waals surface area contributed by atoms with Crippen LogP contribution in [-0.4, -0.2) is 18.5 Å². The molecule has 0 spiro atoms. The van der Waals surface area contributed by atoms with Crippen LogP contribution in [0.2, 0.25) is 19.6 Å². The van der Waals surface area contributed by atoms with Crippen LogP contribution in [0.15, 0.2) is 30.3 Å². The summed E-state index contributed by atoms with van der Waals surface area (Å²) < 4.78 is 2.05. The summed E-state index contributed by atoms with van der Waals surface area (Å²) in [4.78, 5) is 13.5. The van der Waals surface area contributed by atoms with Crippen LogP contribution >= 0.6 is 0 Å². The SMILES string of the molecule is CCC(CC)(CC)C(=O)n1c([Si](C)(C)C)cc2ccccc21. The van der Waals surface area contributed by atoms with Crippen molar-refractivity contribution in [3.05, 3.63) is 30.3 Å². The Morgan fingerprint density at radius 3 is 2.09 bits per heavy atom. The molecule has 0 atom stereocenters. The topological polar surface area (TPSA) is 22.0 Å². The van der Waals surface area contributed by atoms with Gasteiger partial charge in [-0.15, -0.1) is 0 Å². The van der Waals surface area contributed by atoms with Crippen LogP contribution in [0.4, 0.5) is 0 Å². The first-order valence-corrected chi connectivity index (χ1v) is 12.0. The molecule has 0 amide bonds. The maximum Gasteiger partial charge on any atom is 0.237 e. The number of rotatable bonds is 5. The van der Waals surface area contributed by atoms with E-state index >= 15 is 0 Å². The lowest BCUT2D eigenvalue weighted by atomic mass is 9.79. The lowest BCUT2D eigenvalue weighted by Gasteiger charge is -2.31. The Hall–Kier alpha value is -1.35. The zero-order chi connectivity index (χ0) is 16.5. The second kappa shape index (κ2) is 6.03. The van der Waals surface area contributed by atoms with Gasteiger partial charge in [0.2, 0.25) is 5.91 Å². The smallest absolute Gasteiger partial charge is 0.237 e. The number of carbonyl (C=O) groups is 1. The predicted octanol–water partition coefficient (Wildman–Crippen LogP) is 5.04. The van der Waals surface area contributed by atoms with E-state index in [1.165, 1.54) is 10.7 Å². The van der Waals surface area contributed by atoms with Crippen molar-refractivity contribution < 1.29 is 4.79 Å². The van der Waals surface area contributed by atoms with Gasteiger partial charge in [0.1, 0.15) is 0 Å². The fourth-order valence-electron chi connectivity index (χ4n) is 3.37. The summed E-state index contributed by atoms with van der Waals surface area (Å²) in [5.41, 5.74) is 0.834. The number of hydrogen-bond acceptors (Lipinski definition) is 1. The summed E-state index contributed by atoms with van der Waals surface area (Å²) in [7, 11) is -1.60. The minimum Gasteiger partial charge on any atom is -0.288 e. The Morgan fingerprint density at radius 1 is 1.05 bits per heavy atom. The van der Waals surface area contributed by atoms with Crippen molar-refractivity contribution >= 4 is 30.2 Å². The van der Waals surface area contributed by atoms with E-state index in [4.69, 9.17) is 0 Å². The number of para-hydroxylation sites is 1. The van der Waals surface area contributed by atoms with E-state index in [9.17, 15) is 4.79 Å². The summed E-state index contributed by atoms with van der Waals surface area (Å²) in [6.45, 7) is 13.4. The van der Waals surface area contributed by atoms with Gasteiger partial charge in [0, 0.05) is 10.7 Å². The number of fused-ring (bicyclic) bond motifs is 1. The van der Waals surface area contributed by atoms with Crippen molar-refractivity contribution in [2.75, 3.05) is 0 Å². The average molecular weight is 316 g/mol. The summed E-state index contributed by atoms with van der Waals surface area (Å²) in [5, 5.41) is 2.43. The van der Waals surface area contributed by atoms with Gasteiger partial charge in [0.25, 0.3) is 0 Å². The van der Waals surface area contributed by atoms with Gasteiger partial charge in [0.05, 0.1) is 13.6 Å². The second-order valence-corrected chi connectivity index (χ2v) is 12.3. The monoisotopic (exact) mass is 315 g/mol. The molecule has 0 N–H and O–H groups in total. The minimum atomic E-state index is -1.60. The molecule has 1 aromatic heterocycles. The van der Waals surface area contributed by atoms with Crippen LogP contribution in [-0.2, 0) is 0 Å². The van der Waals surface area contributed by atoms with Crippen molar-refractivity contribution in [2.45, 2.75) is 59.7 Å². The van der Waals surface area contributed by atoms with E-state index in [1.807, 2.05) is 6.07 Å². The van der Waals surface area contributed by atoms with Gasteiger partial charge in [-0.3, -0.25) is 9.36 Å². The number of aromatic nitrogens is 1. The molecule has 0 bridgehead atoms. The van der Waals surface area contributed by atoms with Gasteiger partial charge < -0.3 is 0 Å². The van der Waals surface area contributed by atoms with Crippen LogP contribution in [0, 0.1) is 5.41 Å². The molecule has 0 saturated carbocycles. The molecule has 0 saturated heterocycles. The Morgan fingerprint density at radius 2 is 1.59 bits per heavy atom.